The summed E-state index contributed by atoms with van der Waals surface area (Å²) in [6.07, 6.45) is 2.51. The van der Waals surface area contributed by atoms with Crippen LogP contribution in [0.4, 0.5) is 0 Å². The second-order valence-corrected chi connectivity index (χ2v) is 5.89. The summed E-state index contributed by atoms with van der Waals surface area (Å²) >= 11 is 5.37. The molecule has 1 aromatic heterocycles. The molecule has 5 heteroatoms. The van der Waals surface area contributed by atoms with Crippen molar-refractivity contribution in [2.24, 2.45) is 0 Å². The van der Waals surface area contributed by atoms with E-state index >= 15 is 0 Å². The molecule has 1 aliphatic heterocycles. The van der Waals surface area contributed by atoms with E-state index in [0.29, 0.717) is 10.2 Å². The molecule has 0 spiro atoms. The van der Waals surface area contributed by atoms with Crippen molar-refractivity contribution in [3.05, 3.63) is 39.4 Å². The van der Waals surface area contributed by atoms with Crippen LogP contribution in [0, 0.1) is 4.77 Å². The normalized spacial score (nSPS) is 17.6. The van der Waals surface area contributed by atoms with E-state index < -0.39 is 0 Å². The Morgan fingerprint density at radius 1 is 1.30 bits per heavy atom. The lowest BCUT2D eigenvalue weighted by atomic mass is 10.2. The molecule has 2 heterocycles. The average molecular weight is 289 g/mol. The van der Waals surface area contributed by atoms with Crippen LogP contribution in [0.15, 0.2) is 29.1 Å². The van der Waals surface area contributed by atoms with Crippen molar-refractivity contribution in [1.82, 2.24) is 14.5 Å². The van der Waals surface area contributed by atoms with Gasteiger partial charge in [-0.2, -0.15) is 0 Å². The summed E-state index contributed by atoms with van der Waals surface area (Å²) in [5.74, 6) is 0. The lowest BCUT2D eigenvalue weighted by Crippen LogP contribution is -2.33. The zero-order valence-electron chi connectivity index (χ0n) is 11.6. The number of benzene rings is 1. The molecule has 1 aromatic carbocycles. The van der Waals surface area contributed by atoms with Crippen LogP contribution >= 0.6 is 12.2 Å². The molecule has 1 fully saturated rings. The van der Waals surface area contributed by atoms with Crippen molar-refractivity contribution >= 4 is 23.1 Å². The highest BCUT2D eigenvalue weighted by Gasteiger charge is 2.17. The first-order chi connectivity index (χ1) is 9.66. The van der Waals surface area contributed by atoms with Gasteiger partial charge >= 0.3 is 0 Å². The van der Waals surface area contributed by atoms with E-state index in [-0.39, 0.29) is 11.6 Å². The zero-order valence-corrected chi connectivity index (χ0v) is 12.4. The molecule has 0 aliphatic carbocycles. The van der Waals surface area contributed by atoms with Crippen LogP contribution in [0.3, 0.4) is 0 Å². The van der Waals surface area contributed by atoms with E-state index in [1.54, 1.807) is 4.57 Å². The van der Waals surface area contributed by atoms with Crippen molar-refractivity contribution in [2.45, 2.75) is 25.8 Å². The summed E-state index contributed by atoms with van der Waals surface area (Å²) in [4.78, 5) is 18.2. The fraction of sp³-hybridized carbons (Fsp3) is 0.467. The van der Waals surface area contributed by atoms with Gasteiger partial charge in [0.05, 0.1) is 10.9 Å². The van der Waals surface area contributed by atoms with Gasteiger partial charge in [-0.1, -0.05) is 12.1 Å². The number of fused-ring (bicyclic) bond motifs is 1. The van der Waals surface area contributed by atoms with E-state index in [0.717, 1.165) is 25.2 Å². The molecule has 20 heavy (non-hydrogen) atoms. The SMILES string of the molecule is CC(CN1CCCC1)n1c(=S)[nH]c2ccccc2c1=O. The van der Waals surface area contributed by atoms with Crippen LogP contribution in [0.1, 0.15) is 25.8 Å². The smallest absolute Gasteiger partial charge is 0.262 e. The van der Waals surface area contributed by atoms with Crippen molar-refractivity contribution < 1.29 is 0 Å². The summed E-state index contributed by atoms with van der Waals surface area (Å²) in [6.45, 7) is 5.21. The quantitative estimate of drug-likeness (QED) is 0.883. The highest BCUT2D eigenvalue weighted by molar-refractivity contribution is 7.71. The second-order valence-electron chi connectivity index (χ2n) is 5.51. The standard InChI is InChI=1S/C15H19N3OS/c1-11(10-17-8-4-5-9-17)18-14(19)12-6-2-3-7-13(12)16-15(18)20/h2-3,6-7,11H,4-5,8-10H2,1H3,(H,16,20). The Hall–Kier alpha value is -1.46. The van der Waals surface area contributed by atoms with Crippen LogP contribution in [-0.2, 0) is 0 Å². The number of likely N-dealkylation sites (tertiary alicyclic amines) is 1. The molecule has 1 unspecified atom stereocenters. The topological polar surface area (TPSA) is 41.0 Å². The van der Waals surface area contributed by atoms with Gasteiger partial charge in [-0.15, -0.1) is 0 Å². The van der Waals surface area contributed by atoms with Gasteiger partial charge in [0.2, 0.25) is 0 Å². The van der Waals surface area contributed by atoms with Crippen LogP contribution in [0.2, 0.25) is 0 Å². The monoisotopic (exact) mass is 289 g/mol. The molecule has 0 amide bonds. The third-order valence-corrected chi connectivity index (χ3v) is 4.30. The maximum absolute atomic E-state index is 12.6. The third kappa shape index (κ3) is 2.43. The van der Waals surface area contributed by atoms with Gasteiger partial charge in [0.1, 0.15) is 0 Å². The molecule has 106 valence electrons. The number of nitrogens with one attached hydrogen (secondary N) is 1. The minimum atomic E-state index is 0.0102. The number of hydrogen-bond acceptors (Lipinski definition) is 3. The Morgan fingerprint density at radius 3 is 2.75 bits per heavy atom. The van der Waals surface area contributed by atoms with E-state index in [1.807, 2.05) is 24.3 Å². The number of hydrogen-bond donors (Lipinski definition) is 1. The summed E-state index contributed by atoms with van der Waals surface area (Å²) in [5.41, 5.74) is 0.822. The van der Waals surface area contributed by atoms with Gasteiger partial charge in [-0.25, -0.2) is 0 Å². The van der Waals surface area contributed by atoms with Gasteiger partial charge < -0.3 is 9.88 Å². The van der Waals surface area contributed by atoms with Crippen LogP contribution in [0.25, 0.3) is 10.9 Å². The van der Waals surface area contributed by atoms with E-state index in [1.165, 1.54) is 12.8 Å². The molecule has 2 aromatic rings. The van der Waals surface area contributed by atoms with Crippen LogP contribution in [-0.4, -0.2) is 34.1 Å². The Labute approximate surface area is 123 Å². The Bertz CT molecular complexity index is 728. The van der Waals surface area contributed by atoms with Crippen molar-refractivity contribution in [1.29, 1.82) is 0 Å². The van der Waals surface area contributed by atoms with Gasteiger partial charge in [-0.05, 0) is 57.2 Å². The Morgan fingerprint density at radius 2 is 2.00 bits per heavy atom. The summed E-state index contributed by atoms with van der Waals surface area (Å²) < 4.78 is 2.23. The third-order valence-electron chi connectivity index (χ3n) is 4.00. The first-order valence-corrected chi connectivity index (χ1v) is 7.53. The van der Waals surface area contributed by atoms with Crippen LogP contribution in [0.5, 0.6) is 0 Å². The fourth-order valence-corrected chi connectivity index (χ4v) is 3.37. The van der Waals surface area contributed by atoms with Crippen molar-refractivity contribution in [2.75, 3.05) is 19.6 Å². The lowest BCUT2D eigenvalue weighted by Gasteiger charge is -2.22. The average Bonchev–Trinajstić information content (AvgIpc) is 2.91. The van der Waals surface area contributed by atoms with Crippen molar-refractivity contribution in [3.8, 4) is 0 Å². The number of H-pyrrole nitrogens is 1. The molecule has 4 nitrogen and oxygen atoms in total. The van der Waals surface area contributed by atoms with E-state index in [9.17, 15) is 4.79 Å². The first-order valence-electron chi connectivity index (χ1n) is 7.13. The Balaban J connectivity index is 2.02. The molecule has 3 rings (SSSR count). The maximum Gasteiger partial charge on any atom is 0.262 e. The van der Waals surface area contributed by atoms with Gasteiger partial charge in [-0.3, -0.25) is 9.36 Å². The molecule has 1 aliphatic rings. The molecule has 1 atom stereocenters. The lowest BCUT2D eigenvalue weighted by molar-refractivity contribution is 0.283. The molecule has 0 bridgehead atoms. The number of rotatable bonds is 3. The first kappa shape index (κ1) is 13.5. The molecule has 0 saturated carbocycles. The molecule has 1 N–H and O–H groups in total. The fourth-order valence-electron chi connectivity index (χ4n) is 3.00. The van der Waals surface area contributed by atoms with Crippen molar-refractivity contribution in [3.63, 3.8) is 0 Å². The molecule has 1 saturated heterocycles. The number of nitrogens with zero attached hydrogens (tertiary/aromatic N) is 2. The minimum absolute atomic E-state index is 0.0102. The van der Waals surface area contributed by atoms with Gasteiger partial charge in [0, 0.05) is 12.6 Å². The number of aromatic nitrogens is 2. The second kappa shape index (κ2) is 5.50. The molecular formula is C15H19N3OS. The number of aromatic amines is 1. The Kier molecular flexibility index (Phi) is 3.72. The van der Waals surface area contributed by atoms with Gasteiger partial charge in [0.25, 0.3) is 5.56 Å². The maximum atomic E-state index is 12.6. The summed E-state index contributed by atoms with van der Waals surface area (Å²) in [6, 6.07) is 7.62. The van der Waals surface area contributed by atoms with E-state index in [2.05, 4.69) is 16.8 Å². The largest absolute Gasteiger partial charge is 0.332 e. The summed E-state index contributed by atoms with van der Waals surface area (Å²) in [5, 5.41) is 0.703. The molecular weight excluding hydrogens is 270 g/mol. The highest BCUT2D eigenvalue weighted by Crippen LogP contribution is 2.14. The predicted molar refractivity (Wildman–Crippen MR) is 83.8 cm³/mol. The van der Waals surface area contributed by atoms with E-state index in [4.69, 9.17) is 12.2 Å². The summed E-state index contributed by atoms with van der Waals surface area (Å²) in [7, 11) is 0. The predicted octanol–water partition coefficient (Wildman–Crippen LogP) is 2.72. The molecule has 0 radical (unpaired) electrons. The minimum Gasteiger partial charge on any atom is -0.332 e. The van der Waals surface area contributed by atoms with Crippen LogP contribution < -0.4 is 5.56 Å². The number of para-hydroxylation sites is 1. The highest BCUT2D eigenvalue weighted by atomic mass is 32.1. The van der Waals surface area contributed by atoms with Gasteiger partial charge in [0.15, 0.2) is 4.77 Å². The zero-order chi connectivity index (χ0) is 14.1.